The average molecular weight is 395 g/mol. The molecule has 4 rings (SSSR count). The number of hydrogen-bond acceptors (Lipinski definition) is 4. The number of fused-ring (bicyclic) bond motifs is 1. The minimum absolute atomic E-state index is 0.0102. The minimum atomic E-state index is -3.90. The van der Waals surface area contributed by atoms with Crippen LogP contribution in [0, 0.1) is 0 Å². The molecule has 3 aromatic rings. The summed E-state index contributed by atoms with van der Waals surface area (Å²) in [5.41, 5.74) is 2.36. The number of aryl methyl sites for hydroxylation is 2. The van der Waals surface area contributed by atoms with Crippen LogP contribution in [0.3, 0.4) is 0 Å². The van der Waals surface area contributed by atoms with E-state index in [0.29, 0.717) is 5.56 Å². The van der Waals surface area contributed by atoms with Crippen LogP contribution < -0.4 is 4.72 Å². The zero-order chi connectivity index (χ0) is 19.7. The van der Waals surface area contributed by atoms with E-state index in [1.807, 2.05) is 41.0 Å². The number of carbonyl (C=O) groups excluding carboxylic acids is 1. The average Bonchev–Trinajstić information content (AvgIpc) is 3.13. The fourth-order valence-corrected chi connectivity index (χ4v) is 4.51. The molecule has 0 saturated heterocycles. The lowest BCUT2D eigenvalue weighted by molar-refractivity contribution is 0.101. The SMILES string of the molecule is CC(=O)c1ccc(-c2ccccc2)cc1NS(=O)(=O)c1cn2c(n1)CCCC2. The van der Waals surface area contributed by atoms with Crippen LogP contribution >= 0.6 is 0 Å². The van der Waals surface area contributed by atoms with Gasteiger partial charge in [-0.1, -0.05) is 36.4 Å². The number of sulfonamides is 1. The van der Waals surface area contributed by atoms with E-state index in [0.717, 1.165) is 42.8 Å². The van der Waals surface area contributed by atoms with Crippen LogP contribution in [0.25, 0.3) is 11.1 Å². The van der Waals surface area contributed by atoms with Gasteiger partial charge in [-0.05, 0) is 43.0 Å². The Morgan fingerprint density at radius 2 is 1.86 bits per heavy atom. The second-order valence-corrected chi connectivity index (χ2v) is 8.56. The first-order chi connectivity index (χ1) is 13.4. The number of anilines is 1. The second-order valence-electron chi connectivity index (χ2n) is 6.93. The zero-order valence-electron chi connectivity index (χ0n) is 15.6. The number of hydrogen-bond donors (Lipinski definition) is 1. The van der Waals surface area contributed by atoms with Gasteiger partial charge < -0.3 is 4.57 Å². The second kappa shape index (κ2) is 7.24. The molecule has 1 aliphatic heterocycles. The Labute approximate surface area is 164 Å². The summed E-state index contributed by atoms with van der Waals surface area (Å²) in [4.78, 5) is 16.3. The highest BCUT2D eigenvalue weighted by Gasteiger charge is 2.23. The first kappa shape index (κ1) is 18.4. The summed E-state index contributed by atoms with van der Waals surface area (Å²) in [6.45, 7) is 2.20. The van der Waals surface area contributed by atoms with Crippen LogP contribution in [0.1, 0.15) is 35.9 Å². The summed E-state index contributed by atoms with van der Waals surface area (Å²) in [5, 5.41) is -0.0102. The van der Waals surface area contributed by atoms with Crippen LogP contribution in [-0.2, 0) is 23.0 Å². The molecule has 0 bridgehead atoms. The largest absolute Gasteiger partial charge is 0.333 e. The number of carbonyl (C=O) groups is 1. The van der Waals surface area contributed by atoms with Crippen molar-refractivity contribution in [2.45, 2.75) is 37.8 Å². The molecule has 0 atom stereocenters. The molecular weight excluding hydrogens is 374 g/mol. The van der Waals surface area contributed by atoms with E-state index in [-0.39, 0.29) is 16.5 Å². The first-order valence-electron chi connectivity index (χ1n) is 9.23. The summed E-state index contributed by atoms with van der Waals surface area (Å²) in [6.07, 6.45) is 4.38. The molecule has 1 aliphatic rings. The van der Waals surface area contributed by atoms with Gasteiger partial charge in [0.15, 0.2) is 10.8 Å². The third-order valence-electron chi connectivity index (χ3n) is 4.91. The van der Waals surface area contributed by atoms with Gasteiger partial charge in [-0.2, -0.15) is 8.42 Å². The Morgan fingerprint density at radius 3 is 2.57 bits per heavy atom. The fourth-order valence-electron chi connectivity index (χ4n) is 3.46. The molecule has 1 aromatic heterocycles. The van der Waals surface area contributed by atoms with Gasteiger partial charge in [0.05, 0.1) is 5.69 Å². The van der Waals surface area contributed by atoms with Crippen molar-refractivity contribution in [2.24, 2.45) is 0 Å². The number of aromatic nitrogens is 2. The van der Waals surface area contributed by atoms with Gasteiger partial charge in [0.2, 0.25) is 0 Å². The summed E-state index contributed by atoms with van der Waals surface area (Å²) in [7, 11) is -3.90. The van der Waals surface area contributed by atoms with Crippen molar-refractivity contribution in [3.8, 4) is 11.1 Å². The van der Waals surface area contributed by atoms with Crippen LogP contribution in [0.2, 0.25) is 0 Å². The van der Waals surface area contributed by atoms with Crippen molar-refractivity contribution in [1.29, 1.82) is 0 Å². The molecule has 1 N–H and O–H groups in total. The van der Waals surface area contributed by atoms with E-state index in [9.17, 15) is 13.2 Å². The van der Waals surface area contributed by atoms with Crippen molar-refractivity contribution in [3.63, 3.8) is 0 Å². The number of Topliss-reactive ketones (excluding diaryl/α,β-unsaturated/α-hetero) is 1. The molecule has 0 saturated carbocycles. The molecule has 7 heteroatoms. The third kappa shape index (κ3) is 3.57. The molecule has 144 valence electrons. The van der Waals surface area contributed by atoms with Gasteiger partial charge in [0, 0.05) is 24.7 Å². The van der Waals surface area contributed by atoms with E-state index in [1.165, 1.54) is 6.92 Å². The number of imidazole rings is 1. The van der Waals surface area contributed by atoms with Gasteiger partial charge in [-0.25, -0.2) is 4.98 Å². The Morgan fingerprint density at radius 1 is 1.07 bits per heavy atom. The molecule has 6 nitrogen and oxygen atoms in total. The smallest absolute Gasteiger partial charge is 0.280 e. The Kier molecular flexibility index (Phi) is 4.77. The summed E-state index contributed by atoms with van der Waals surface area (Å²) in [6, 6.07) is 14.8. The van der Waals surface area contributed by atoms with Gasteiger partial charge in [-0.3, -0.25) is 9.52 Å². The summed E-state index contributed by atoms with van der Waals surface area (Å²) >= 11 is 0. The standard InChI is InChI=1S/C21H21N3O3S/c1-15(25)18-11-10-17(16-7-3-2-4-8-16)13-19(18)23-28(26,27)21-14-24-12-6-5-9-20(24)22-21/h2-4,7-8,10-11,13-14,23H,5-6,9,12H2,1H3. The molecule has 0 unspecified atom stereocenters. The van der Waals surface area contributed by atoms with Crippen molar-refractivity contribution in [1.82, 2.24) is 9.55 Å². The predicted octanol–water partition coefficient (Wildman–Crippen LogP) is 3.89. The van der Waals surface area contributed by atoms with Crippen LogP contribution in [0.15, 0.2) is 59.8 Å². The van der Waals surface area contributed by atoms with E-state index in [1.54, 1.807) is 18.3 Å². The van der Waals surface area contributed by atoms with Gasteiger partial charge in [-0.15, -0.1) is 0 Å². The predicted molar refractivity (Wildman–Crippen MR) is 108 cm³/mol. The van der Waals surface area contributed by atoms with E-state index < -0.39 is 10.0 Å². The maximum Gasteiger partial charge on any atom is 0.280 e. The third-order valence-corrected chi connectivity index (χ3v) is 6.15. The lowest BCUT2D eigenvalue weighted by Gasteiger charge is -2.12. The molecule has 0 aliphatic carbocycles. The number of nitrogens with one attached hydrogen (secondary N) is 1. The van der Waals surface area contributed by atoms with Gasteiger partial charge in [0.1, 0.15) is 5.82 Å². The molecule has 28 heavy (non-hydrogen) atoms. The molecule has 0 amide bonds. The fraction of sp³-hybridized carbons (Fsp3) is 0.238. The highest BCUT2D eigenvalue weighted by Crippen LogP contribution is 2.28. The first-order valence-corrected chi connectivity index (χ1v) is 10.7. The lowest BCUT2D eigenvalue weighted by atomic mass is 10.0. The quantitative estimate of drug-likeness (QED) is 0.665. The minimum Gasteiger partial charge on any atom is -0.333 e. The van der Waals surface area contributed by atoms with E-state index >= 15 is 0 Å². The van der Waals surface area contributed by atoms with E-state index in [4.69, 9.17) is 0 Å². The van der Waals surface area contributed by atoms with Crippen LogP contribution in [0.5, 0.6) is 0 Å². The van der Waals surface area contributed by atoms with Crippen LogP contribution in [-0.4, -0.2) is 23.8 Å². The number of rotatable bonds is 5. The number of nitrogens with zero attached hydrogens (tertiary/aromatic N) is 2. The monoisotopic (exact) mass is 395 g/mol. The number of ketones is 1. The van der Waals surface area contributed by atoms with E-state index in [2.05, 4.69) is 9.71 Å². The van der Waals surface area contributed by atoms with Gasteiger partial charge >= 0.3 is 0 Å². The highest BCUT2D eigenvalue weighted by atomic mass is 32.2. The molecule has 0 spiro atoms. The van der Waals surface area contributed by atoms with Crippen molar-refractivity contribution in [3.05, 3.63) is 66.1 Å². The molecule has 2 aromatic carbocycles. The topological polar surface area (TPSA) is 81.1 Å². The number of benzene rings is 2. The maximum atomic E-state index is 12.9. The van der Waals surface area contributed by atoms with Crippen molar-refractivity contribution < 1.29 is 13.2 Å². The molecule has 2 heterocycles. The lowest BCUT2D eigenvalue weighted by Crippen LogP contribution is -2.15. The molecule has 0 radical (unpaired) electrons. The van der Waals surface area contributed by atoms with Gasteiger partial charge in [0.25, 0.3) is 10.0 Å². The normalized spacial score (nSPS) is 13.8. The van der Waals surface area contributed by atoms with Crippen molar-refractivity contribution >= 4 is 21.5 Å². The summed E-state index contributed by atoms with van der Waals surface area (Å²) < 4.78 is 30.4. The summed E-state index contributed by atoms with van der Waals surface area (Å²) in [5.74, 6) is 0.581. The Balaban J connectivity index is 1.73. The van der Waals surface area contributed by atoms with Crippen molar-refractivity contribution in [2.75, 3.05) is 4.72 Å². The maximum absolute atomic E-state index is 12.9. The zero-order valence-corrected chi connectivity index (χ0v) is 16.4. The Bertz CT molecular complexity index is 1110. The molecule has 0 fully saturated rings. The highest BCUT2D eigenvalue weighted by molar-refractivity contribution is 7.92. The Hall–Kier alpha value is -2.93. The molecular formula is C21H21N3O3S. The van der Waals surface area contributed by atoms with Crippen LogP contribution in [0.4, 0.5) is 5.69 Å².